The number of aromatic amines is 1. The molecule has 6 heteroatoms. The van der Waals surface area contributed by atoms with Crippen molar-refractivity contribution < 1.29 is 14.6 Å². The molecule has 144 valence electrons. The van der Waals surface area contributed by atoms with Gasteiger partial charge in [0.2, 0.25) is 0 Å². The highest BCUT2D eigenvalue weighted by molar-refractivity contribution is 5.94. The number of morpholine rings is 1. The second kappa shape index (κ2) is 8.25. The Kier molecular flexibility index (Phi) is 5.57. The predicted octanol–water partition coefficient (Wildman–Crippen LogP) is 2.05. The molecule has 1 amide bonds. The third-order valence-electron chi connectivity index (χ3n) is 5.59. The Morgan fingerprint density at radius 1 is 1.15 bits per heavy atom. The summed E-state index contributed by atoms with van der Waals surface area (Å²) < 4.78 is 6.17. The molecular weight excluding hydrogens is 342 g/mol. The van der Waals surface area contributed by atoms with E-state index >= 15 is 0 Å². The minimum Gasteiger partial charge on any atom is -0.393 e. The number of hydrogen-bond donors (Lipinski definition) is 2. The van der Waals surface area contributed by atoms with Crippen molar-refractivity contribution >= 4 is 5.91 Å². The fourth-order valence-electron chi connectivity index (χ4n) is 4.14. The van der Waals surface area contributed by atoms with Gasteiger partial charge in [-0.25, -0.2) is 0 Å². The molecule has 2 aromatic rings. The lowest BCUT2D eigenvalue weighted by molar-refractivity contribution is -0.0770. The molecule has 2 aliphatic rings. The number of aliphatic hydroxyl groups excluding tert-OH is 1. The molecule has 0 radical (unpaired) electrons. The monoisotopic (exact) mass is 369 g/mol. The van der Waals surface area contributed by atoms with Gasteiger partial charge < -0.3 is 24.6 Å². The van der Waals surface area contributed by atoms with Crippen LogP contribution in [0.4, 0.5) is 0 Å². The molecule has 1 aromatic carbocycles. The van der Waals surface area contributed by atoms with Crippen LogP contribution in [0.3, 0.4) is 0 Å². The van der Waals surface area contributed by atoms with Crippen LogP contribution < -0.4 is 0 Å². The van der Waals surface area contributed by atoms with Gasteiger partial charge >= 0.3 is 0 Å². The minimum absolute atomic E-state index is 0.0347. The van der Waals surface area contributed by atoms with Gasteiger partial charge in [-0.15, -0.1) is 0 Å². The Morgan fingerprint density at radius 2 is 1.93 bits per heavy atom. The van der Waals surface area contributed by atoms with Crippen molar-refractivity contribution in [2.45, 2.75) is 31.1 Å². The number of aromatic nitrogens is 1. The number of nitrogens with one attached hydrogen (secondary N) is 1. The molecule has 1 aromatic heterocycles. The maximum atomic E-state index is 13.1. The summed E-state index contributed by atoms with van der Waals surface area (Å²) in [5.74, 6) is 0.0347. The van der Waals surface area contributed by atoms with E-state index in [1.54, 1.807) is 12.4 Å². The smallest absolute Gasteiger partial charge is 0.256 e. The summed E-state index contributed by atoms with van der Waals surface area (Å²) in [5, 5.41) is 9.77. The second-order valence-corrected chi connectivity index (χ2v) is 7.39. The quantitative estimate of drug-likeness (QED) is 0.866. The number of piperidine rings is 1. The third-order valence-corrected chi connectivity index (χ3v) is 5.59. The number of hydrogen-bond acceptors (Lipinski definition) is 4. The zero-order chi connectivity index (χ0) is 18.6. The van der Waals surface area contributed by atoms with Crippen molar-refractivity contribution in [1.82, 2.24) is 14.8 Å². The van der Waals surface area contributed by atoms with Crippen LogP contribution in [0, 0.1) is 0 Å². The first-order chi connectivity index (χ1) is 13.2. The van der Waals surface area contributed by atoms with Crippen LogP contribution >= 0.6 is 0 Å². The fourth-order valence-corrected chi connectivity index (χ4v) is 4.14. The van der Waals surface area contributed by atoms with E-state index in [1.807, 2.05) is 29.2 Å². The maximum Gasteiger partial charge on any atom is 0.256 e. The Bertz CT molecular complexity index is 726. The standard InChI is InChI=1S/C21H27N3O3/c25-18-7-10-23(11-8-18)15-19-20(16-4-2-1-3-5-16)24(12-13-27-19)21(26)17-6-9-22-14-17/h1-6,9,14,18-20,22,25H,7-8,10-13,15H2/t19-,20-/m0/s1. The van der Waals surface area contributed by atoms with E-state index in [-0.39, 0.29) is 24.2 Å². The molecule has 3 heterocycles. The highest BCUT2D eigenvalue weighted by Gasteiger charge is 2.38. The van der Waals surface area contributed by atoms with E-state index in [2.05, 4.69) is 22.0 Å². The van der Waals surface area contributed by atoms with Gasteiger partial charge in [0.05, 0.1) is 30.4 Å². The summed E-state index contributed by atoms with van der Waals surface area (Å²) in [4.78, 5) is 20.4. The number of carbonyl (C=O) groups excluding carboxylic acids is 1. The van der Waals surface area contributed by atoms with Gasteiger partial charge in [-0.3, -0.25) is 4.79 Å². The first-order valence-corrected chi connectivity index (χ1v) is 9.73. The molecular formula is C21H27N3O3. The molecule has 2 fully saturated rings. The van der Waals surface area contributed by atoms with Gasteiger partial charge in [-0.2, -0.15) is 0 Å². The van der Waals surface area contributed by atoms with Crippen molar-refractivity contribution in [2.75, 3.05) is 32.8 Å². The SMILES string of the molecule is O=C(c1cc[nH]c1)N1CCO[C@@H](CN2CCC(O)CC2)[C@@H]1c1ccccc1. The lowest BCUT2D eigenvalue weighted by Gasteiger charge is -2.44. The summed E-state index contributed by atoms with van der Waals surface area (Å²) in [6.07, 6.45) is 4.86. The number of rotatable bonds is 4. The van der Waals surface area contributed by atoms with Crippen LogP contribution in [0.5, 0.6) is 0 Å². The molecule has 0 aliphatic carbocycles. The van der Waals surface area contributed by atoms with E-state index in [0.29, 0.717) is 18.7 Å². The first-order valence-electron chi connectivity index (χ1n) is 9.73. The molecule has 6 nitrogen and oxygen atoms in total. The Labute approximate surface area is 159 Å². The minimum atomic E-state index is -0.190. The third kappa shape index (κ3) is 4.08. The molecule has 27 heavy (non-hydrogen) atoms. The molecule has 2 atom stereocenters. The van der Waals surface area contributed by atoms with Crippen LogP contribution in [-0.4, -0.2) is 70.8 Å². The van der Waals surface area contributed by atoms with Gasteiger partial charge in [0, 0.05) is 38.6 Å². The normalized spacial score (nSPS) is 24.9. The lowest BCUT2D eigenvalue weighted by Crippen LogP contribution is -2.52. The molecule has 0 unspecified atom stereocenters. The van der Waals surface area contributed by atoms with Gasteiger partial charge in [0.15, 0.2) is 0 Å². The van der Waals surface area contributed by atoms with Crippen LogP contribution in [0.25, 0.3) is 0 Å². The highest BCUT2D eigenvalue weighted by Crippen LogP contribution is 2.32. The van der Waals surface area contributed by atoms with Gasteiger partial charge in [-0.1, -0.05) is 30.3 Å². The zero-order valence-electron chi connectivity index (χ0n) is 15.5. The number of nitrogens with zero attached hydrogens (tertiary/aromatic N) is 2. The van der Waals surface area contributed by atoms with Crippen molar-refractivity contribution in [2.24, 2.45) is 0 Å². The molecule has 0 saturated carbocycles. The van der Waals surface area contributed by atoms with E-state index in [9.17, 15) is 9.90 Å². The lowest BCUT2D eigenvalue weighted by atomic mass is 9.96. The van der Waals surface area contributed by atoms with E-state index in [1.165, 1.54) is 0 Å². The number of H-pyrrole nitrogens is 1. The van der Waals surface area contributed by atoms with Crippen molar-refractivity contribution in [1.29, 1.82) is 0 Å². The summed E-state index contributed by atoms with van der Waals surface area (Å²) >= 11 is 0. The van der Waals surface area contributed by atoms with Crippen LogP contribution in [-0.2, 0) is 4.74 Å². The number of amides is 1. The maximum absolute atomic E-state index is 13.1. The molecule has 0 spiro atoms. The van der Waals surface area contributed by atoms with E-state index < -0.39 is 0 Å². The topological polar surface area (TPSA) is 68.8 Å². The van der Waals surface area contributed by atoms with Crippen molar-refractivity contribution in [3.05, 3.63) is 59.9 Å². The number of benzene rings is 1. The molecule has 2 N–H and O–H groups in total. The number of likely N-dealkylation sites (tertiary alicyclic amines) is 1. The Morgan fingerprint density at radius 3 is 2.63 bits per heavy atom. The summed E-state index contributed by atoms with van der Waals surface area (Å²) in [5.41, 5.74) is 1.78. The molecule has 2 saturated heterocycles. The average molecular weight is 369 g/mol. The molecule has 2 aliphatic heterocycles. The van der Waals surface area contributed by atoms with Crippen LogP contribution in [0.1, 0.15) is 34.8 Å². The Balaban J connectivity index is 1.58. The van der Waals surface area contributed by atoms with Crippen molar-refractivity contribution in [3.63, 3.8) is 0 Å². The van der Waals surface area contributed by atoms with E-state index in [4.69, 9.17) is 4.74 Å². The number of ether oxygens (including phenoxy) is 1. The molecule has 4 rings (SSSR count). The van der Waals surface area contributed by atoms with Gasteiger partial charge in [-0.05, 0) is 24.5 Å². The second-order valence-electron chi connectivity index (χ2n) is 7.39. The number of aliphatic hydroxyl groups is 1. The fraction of sp³-hybridized carbons (Fsp3) is 0.476. The van der Waals surface area contributed by atoms with Crippen LogP contribution in [0.2, 0.25) is 0 Å². The van der Waals surface area contributed by atoms with E-state index in [0.717, 1.165) is 38.0 Å². The average Bonchev–Trinajstić information content (AvgIpc) is 3.24. The highest BCUT2D eigenvalue weighted by atomic mass is 16.5. The summed E-state index contributed by atoms with van der Waals surface area (Å²) in [6.45, 7) is 3.63. The van der Waals surface area contributed by atoms with Gasteiger partial charge in [0.25, 0.3) is 5.91 Å². The molecule has 0 bridgehead atoms. The summed E-state index contributed by atoms with van der Waals surface area (Å²) in [7, 11) is 0. The van der Waals surface area contributed by atoms with Gasteiger partial charge in [0.1, 0.15) is 0 Å². The first kappa shape index (κ1) is 18.2. The largest absolute Gasteiger partial charge is 0.393 e. The Hall–Kier alpha value is -2.15. The zero-order valence-corrected chi connectivity index (χ0v) is 15.5. The predicted molar refractivity (Wildman–Crippen MR) is 102 cm³/mol. The number of carbonyl (C=O) groups is 1. The summed E-state index contributed by atoms with van der Waals surface area (Å²) in [6, 6.07) is 11.9. The van der Waals surface area contributed by atoms with Crippen molar-refractivity contribution in [3.8, 4) is 0 Å². The van der Waals surface area contributed by atoms with Crippen LogP contribution in [0.15, 0.2) is 48.8 Å².